The molecule has 5 heteroatoms. The van der Waals surface area contributed by atoms with Crippen molar-refractivity contribution < 1.29 is 9.63 Å². The van der Waals surface area contributed by atoms with Gasteiger partial charge < -0.3 is 10.2 Å². The lowest BCUT2D eigenvalue weighted by molar-refractivity contribution is -0.117. The van der Waals surface area contributed by atoms with E-state index in [-0.39, 0.29) is 5.91 Å². The number of likely N-dealkylation sites (N-methyl/N-ethyl adjacent to an activating group) is 1. The highest BCUT2D eigenvalue weighted by Gasteiger charge is 2.14. The number of benzene rings is 2. The number of hydrogen-bond acceptors (Lipinski definition) is 4. The van der Waals surface area contributed by atoms with E-state index in [1.165, 1.54) is 5.56 Å². The Labute approximate surface area is 168 Å². The van der Waals surface area contributed by atoms with Crippen LogP contribution in [0.3, 0.4) is 0 Å². The smallest absolute Gasteiger partial charge is 0.251 e. The molecule has 1 N–H and O–H groups in total. The van der Waals surface area contributed by atoms with Gasteiger partial charge in [-0.2, -0.15) is 5.06 Å². The molecule has 1 amide bonds. The van der Waals surface area contributed by atoms with Crippen LogP contribution in [0.1, 0.15) is 36.2 Å². The third-order valence-electron chi connectivity index (χ3n) is 5.38. The summed E-state index contributed by atoms with van der Waals surface area (Å²) in [4.78, 5) is 20.4. The Morgan fingerprint density at radius 2 is 1.96 bits per heavy atom. The van der Waals surface area contributed by atoms with Crippen molar-refractivity contribution in [2.45, 2.75) is 32.9 Å². The number of carbonyl (C=O) groups is 1. The van der Waals surface area contributed by atoms with Crippen LogP contribution in [0.25, 0.3) is 11.1 Å². The van der Waals surface area contributed by atoms with Crippen LogP contribution in [0, 0.1) is 0 Å². The summed E-state index contributed by atoms with van der Waals surface area (Å²) in [5.41, 5.74) is 4.07. The number of nitrogens with zero attached hydrogens (tertiary/aromatic N) is 2. The molecule has 2 aromatic rings. The van der Waals surface area contributed by atoms with E-state index in [1.807, 2.05) is 23.3 Å². The minimum Gasteiger partial charge on any atom is -0.350 e. The molecule has 1 aliphatic rings. The summed E-state index contributed by atoms with van der Waals surface area (Å²) < 4.78 is 0. The van der Waals surface area contributed by atoms with E-state index in [4.69, 9.17) is 4.84 Å². The summed E-state index contributed by atoms with van der Waals surface area (Å²) in [6.45, 7) is 8.41. The van der Waals surface area contributed by atoms with Crippen LogP contribution in [0.4, 0.5) is 0 Å². The van der Waals surface area contributed by atoms with Gasteiger partial charge in [-0.3, -0.25) is 9.63 Å². The van der Waals surface area contributed by atoms with Crippen LogP contribution < -0.4 is 5.32 Å². The molecule has 1 fully saturated rings. The van der Waals surface area contributed by atoms with Crippen LogP contribution in [-0.4, -0.2) is 55.2 Å². The average molecular weight is 382 g/mol. The zero-order chi connectivity index (χ0) is 19.9. The lowest BCUT2D eigenvalue weighted by atomic mass is 10.0. The Bertz CT molecular complexity index is 787. The SMILES string of the molecule is CCN(C)[C@@H](C)CNC(=O)c1cccc(-c2cccc(CN3CCCO3)c2)c1. The summed E-state index contributed by atoms with van der Waals surface area (Å²) in [5.74, 6) is -0.0279. The summed E-state index contributed by atoms with van der Waals surface area (Å²) in [5, 5.41) is 5.06. The first kappa shape index (κ1) is 20.5. The van der Waals surface area contributed by atoms with E-state index in [9.17, 15) is 4.79 Å². The molecule has 0 spiro atoms. The van der Waals surface area contributed by atoms with Gasteiger partial charge in [0.15, 0.2) is 0 Å². The molecule has 0 bridgehead atoms. The maximum atomic E-state index is 12.6. The lowest BCUT2D eigenvalue weighted by Crippen LogP contribution is -2.40. The van der Waals surface area contributed by atoms with Crippen molar-refractivity contribution in [3.05, 3.63) is 59.7 Å². The van der Waals surface area contributed by atoms with Crippen LogP contribution in [0.5, 0.6) is 0 Å². The monoisotopic (exact) mass is 381 g/mol. The molecule has 2 aromatic carbocycles. The fraction of sp³-hybridized carbons (Fsp3) is 0.435. The maximum absolute atomic E-state index is 12.6. The zero-order valence-corrected chi connectivity index (χ0v) is 17.1. The molecule has 1 saturated heterocycles. The molecule has 5 nitrogen and oxygen atoms in total. The molecular weight excluding hydrogens is 350 g/mol. The van der Waals surface area contributed by atoms with Gasteiger partial charge in [0.2, 0.25) is 0 Å². The van der Waals surface area contributed by atoms with E-state index in [2.05, 4.69) is 61.4 Å². The van der Waals surface area contributed by atoms with E-state index >= 15 is 0 Å². The van der Waals surface area contributed by atoms with Crippen molar-refractivity contribution in [1.82, 2.24) is 15.3 Å². The Morgan fingerprint density at radius 3 is 2.68 bits per heavy atom. The molecule has 1 aliphatic heterocycles. The highest BCUT2D eigenvalue weighted by atomic mass is 16.7. The number of nitrogens with one attached hydrogen (secondary N) is 1. The summed E-state index contributed by atoms with van der Waals surface area (Å²) >= 11 is 0. The summed E-state index contributed by atoms with van der Waals surface area (Å²) in [7, 11) is 2.07. The van der Waals surface area contributed by atoms with Gasteiger partial charge in [0.05, 0.1) is 6.61 Å². The van der Waals surface area contributed by atoms with Crippen LogP contribution in [0.15, 0.2) is 48.5 Å². The number of hydrogen-bond donors (Lipinski definition) is 1. The maximum Gasteiger partial charge on any atom is 0.251 e. The van der Waals surface area contributed by atoms with Crippen molar-refractivity contribution in [2.24, 2.45) is 0 Å². The van der Waals surface area contributed by atoms with Gasteiger partial charge in [0, 0.05) is 31.2 Å². The normalized spacial score (nSPS) is 15.7. The minimum atomic E-state index is -0.0279. The molecule has 1 atom stereocenters. The first-order chi connectivity index (χ1) is 13.6. The van der Waals surface area contributed by atoms with E-state index in [1.54, 1.807) is 0 Å². The topological polar surface area (TPSA) is 44.8 Å². The second-order valence-electron chi connectivity index (χ2n) is 7.46. The van der Waals surface area contributed by atoms with Gasteiger partial charge in [0.1, 0.15) is 0 Å². The summed E-state index contributed by atoms with van der Waals surface area (Å²) in [6.07, 6.45) is 1.09. The average Bonchev–Trinajstić information content (AvgIpc) is 3.24. The molecule has 0 saturated carbocycles. The van der Waals surface area contributed by atoms with E-state index in [0.717, 1.165) is 43.8 Å². The third-order valence-corrected chi connectivity index (χ3v) is 5.38. The minimum absolute atomic E-state index is 0.0279. The number of rotatable bonds is 8. The Kier molecular flexibility index (Phi) is 7.20. The van der Waals surface area contributed by atoms with Crippen molar-refractivity contribution in [3.63, 3.8) is 0 Å². The van der Waals surface area contributed by atoms with Gasteiger partial charge in [0.25, 0.3) is 5.91 Å². The summed E-state index contributed by atoms with van der Waals surface area (Å²) in [6, 6.07) is 16.6. The van der Waals surface area contributed by atoms with Crippen LogP contribution in [0.2, 0.25) is 0 Å². The van der Waals surface area contributed by atoms with E-state index < -0.39 is 0 Å². The quantitative estimate of drug-likeness (QED) is 0.759. The van der Waals surface area contributed by atoms with Crippen molar-refractivity contribution in [2.75, 3.05) is 33.3 Å². The largest absolute Gasteiger partial charge is 0.350 e. The molecule has 150 valence electrons. The molecule has 0 aliphatic carbocycles. The van der Waals surface area contributed by atoms with E-state index in [0.29, 0.717) is 18.2 Å². The second kappa shape index (κ2) is 9.82. The number of carbonyl (C=O) groups excluding carboxylic acids is 1. The predicted octanol–water partition coefficient (Wildman–Crippen LogP) is 3.56. The number of amides is 1. The molecule has 0 unspecified atom stereocenters. The Hall–Kier alpha value is -2.21. The molecule has 1 heterocycles. The van der Waals surface area contributed by atoms with Crippen molar-refractivity contribution in [1.29, 1.82) is 0 Å². The molecule has 0 aromatic heterocycles. The standard InChI is InChI=1S/C23H31N3O2/c1-4-25(3)18(2)16-24-23(27)22-11-6-10-21(15-22)20-9-5-8-19(14-20)17-26-12-7-13-28-26/h5-6,8-11,14-15,18H,4,7,12-13,16-17H2,1-3H3,(H,24,27)/t18-/m0/s1. The van der Waals surface area contributed by atoms with Crippen LogP contribution >= 0.6 is 0 Å². The van der Waals surface area contributed by atoms with Crippen molar-refractivity contribution >= 4 is 5.91 Å². The lowest BCUT2D eigenvalue weighted by Gasteiger charge is -2.23. The molecule has 28 heavy (non-hydrogen) atoms. The first-order valence-corrected chi connectivity index (χ1v) is 10.1. The predicted molar refractivity (Wildman–Crippen MR) is 113 cm³/mol. The molecule has 0 radical (unpaired) electrons. The highest BCUT2D eigenvalue weighted by molar-refractivity contribution is 5.95. The highest BCUT2D eigenvalue weighted by Crippen LogP contribution is 2.23. The number of hydroxylamine groups is 2. The second-order valence-corrected chi connectivity index (χ2v) is 7.46. The van der Waals surface area contributed by atoms with Gasteiger partial charge in [-0.15, -0.1) is 0 Å². The Balaban J connectivity index is 1.68. The molecule has 3 rings (SSSR count). The zero-order valence-electron chi connectivity index (χ0n) is 17.1. The van der Waals surface area contributed by atoms with Crippen molar-refractivity contribution in [3.8, 4) is 11.1 Å². The van der Waals surface area contributed by atoms with Gasteiger partial charge in [-0.25, -0.2) is 0 Å². The fourth-order valence-electron chi connectivity index (χ4n) is 3.33. The van der Waals surface area contributed by atoms with Gasteiger partial charge in [-0.05, 0) is 61.8 Å². The Morgan fingerprint density at radius 1 is 1.21 bits per heavy atom. The fourth-order valence-corrected chi connectivity index (χ4v) is 3.33. The van der Waals surface area contributed by atoms with Gasteiger partial charge in [-0.1, -0.05) is 37.3 Å². The van der Waals surface area contributed by atoms with Crippen LogP contribution in [-0.2, 0) is 11.4 Å². The molecular formula is C23H31N3O2. The third kappa shape index (κ3) is 5.41. The van der Waals surface area contributed by atoms with Gasteiger partial charge >= 0.3 is 0 Å². The first-order valence-electron chi connectivity index (χ1n) is 10.1.